The van der Waals surface area contributed by atoms with Gasteiger partial charge in [-0.05, 0) is 24.6 Å². The smallest absolute Gasteiger partial charge is 0.0601 e. The van der Waals surface area contributed by atoms with E-state index >= 15 is 0 Å². The van der Waals surface area contributed by atoms with Crippen molar-refractivity contribution in [2.24, 2.45) is 0 Å². The van der Waals surface area contributed by atoms with Gasteiger partial charge in [-0.1, -0.05) is 12.1 Å². The van der Waals surface area contributed by atoms with Crippen molar-refractivity contribution in [3.63, 3.8) is 0 Å². The van der Waals surface area contributed by atoms with E-state index in [1.54, 1.807) is 0 Å². The van der Waals surface area contributed by atoms with Gasteiger partial charge in [0.05, 0.1) is 11.4 Å². The summed E-state index contributed by atoms with van der Waals surface area (Å²) in [6, 6.07) is 6.31. The number of nitrogens with zero attached hydrogens (tertiary/aromatic N) is 2. The van der Waals surface area contributed by atoms with Crippen molar-refractivity contribution in [3.05, 3.63) is 36.4 Å². The van der Waals surface area contributed by atoms with Crippen LogP contribution in [0.4, 0.5) is 11.4 Å². The van der Waals surface area contributed by atoms with E-state index in [-0.39, 0.29) is 0 Å². The second kappa shape index (κ2) is 5.23. The van der Waals surface area contributed by atoms with E-state index in [2.05, 4.69) is 35.4 Å². The molecule has 1 saturated heterocycles. The number of hydrogen-bond acceptors (Lipinski definition) is 3. The van der Waals surface area contributed by atoms with Gasteiger partial charge in [-0.3, -0.25) is 4.90 Å². The van der Waals surface area contributed by atoms with Crippen LogP contribution < -0.4 is 10.6 Å². The number of benzene rings is 1. The van der Waals surface area contributed by atoms with Gasteiger partial charge in [0.15, 0.2) is 0 Å². The second-order valence-electron chi connectivity index (χ2n) is 4.64. The Morgan fingerprint density at radius 3 is 2.59 bits per heavy atom. The molecule has 0 unspecified atom stereocenters. The molecule has 1 aromatic rings. The normalized spacial score (nSPS) is 17.1. The van der Waals surface area contributed by atoms with Crippen molar-refractivity contribution in [1.82, 2.24) is 4.90 Å². The highest BCUT2D eigenvalue weighted by atomic mass is 15.3. The first-order valence-corrected chi connectivity index (χ1v) is 6.15. The summed E-state index contributed by atoms with van der Waals surface area (Å²) < 4.78 is 0. The molecule has 3 nitrogen and oxygen atoms in total. The van der Waals surface area contributed by atoms with Crippen molar-refractivity contribution in [2.75, 3.05) is 43.4 Å². The largest absolute Gasteiger partial charge is 0.397 e. The van der Waals surface area contributed by atoms with Crippen LogP contribution in [0, 0.1) is 6.92 Å². The minimum absolute atomic E-state index is 0.891. The molecule has 3 heteroatoms. The number of anilines is 2. The molecule has 2 N–H and O–H groups in total. The number of nitrogens with two attached hydrogens (primary N) is 1. The van der Waals surface area contributed by atoms with Crippen LogP contribution in [0.15, 0.2) is 30.9 Å². The monoisotopic (exact) mass is 231 g/mol. The standard InChI is InChI=1S/C14H21N3/c1-3-6-16-7-9-17(10-8-16)14-5-4-12(2)11-13(14)15/h3-5,11H,1,6-10,15H2,2H3. The Morgan fingerprint density at radius 2 is 2.00 bits per heavy atom. The van der Waals surface area contributed by atoms with E-state index in [4.69, 9.17) is 5.73 Å². The van der Waals surface area contributed by atoms with Gasteiger partial charge in [0, 0.05) is 32.7 Å². The summed E-state index contributed by atoms with van der Waals surface area (Å²) in [5.74, 6) is 0. The lowest BCUT2D eigenvalue weighted by molar-refractivity contribution is 0.284. The predicted molar refractivity (Wildman–Crippen MR) is 74.4 cm³/mol. The van der Waals surface area contributed by atoms with Gasteiger partial charge >= 0.3 is 0 Å². The topological polar surface area (TPSA) is 32.5 Å². The zero-order valence-corrected chi connectivity index (χ0v) is 10.5. The van der Waals surface area contributed by atoms with Gasteiger partial charge in [-0.25, -0.2) is 0 Å². The lowest BCUT2D eigenvalue weighted by Crippen LogP contribution is -2.46. The van der Waals surface area contributed by atoms with Crippen molar-refractivity contribution in [1.29, 1.82) is 0 Å². The highest BCUT2D eigenvalue weighted by molar-refractivity contribution is 5.68. The minimum atomic E-state index is 0.891. The molecule has 0 spiro atoms. The second-order valence-corrected chi connectivity index (χ2v) is 4.64. The van der Waals surface area contributed by atoms with Gasteiger partial charge < -0.3 is 10.6 Å². The van der Waals surface area contributed by atoms with Crippen LogP contribution >= 0.6 is 0 Å². The quantitative estimate of drug-likeness (QED) is 0.637. The van der Waals surface area contributed by atoms with E-state index in [0.29, 0.717) is 0 Å². The Kier molecular flexibility index (Phi) is 3.69. The first-order chi connectivity index (χ1) is 8.20. The summed E-state index contributed by atoms with van der Waals surface area (Å²) in [7, 11) is 0. The molecule has 0 radical (unpaired) electrons. The maximum Gasteiger partial charge on any atom is 0.0601 e. The third kappa shape index (κ3) is 2.80. The van der Waals surface area contributed by atoms with Crippen LogP contribution in [0.3, 0.4) is 0 Å². The fourth-order valence-corrected chi connectivity index (χ4v) is 2.32. The van der Waals surface area contributed by atoms with Crippen molar-refractivity contribution >= 4 is 11.4 Å². The van der Waals surface area contributed by atoms with E-state index in [9.17, 15) is 0 Å². The molecule has 1 aliphatic rings. The van der Waals surface area contributed by atoms with Crippen LogP contribution in [0.2, 0.25) is 0 Å². The Morgan fingerprint density at radius 1 is 1.29 bits per heavy atom. The first kappa shape index (κ1) is 12.0. The van der Waals surface area contributed by atoms with Gasteiger partial charge in [-0.2, -0.15) is 0 Å². The minimum Gasteiger partial charge on any atom is -0.397 e. The molecule has 1 fully saturated rings. The molecule has 0 atom stereocenters. The SMILES string of the molecule is C=CCN1CCN(c2ccc(C)cc2N)CC1. The molecule has 0 saturated carbocycles. The maximum absolute atomic E-state index is 6.07. The fraction of sp³-hybridized carbons (Fsp3) is 0.429. The van der Waals surface area contributed by atoms with Gasteiger partial charge in [0.25, 0.3) is 0 Å². The highest BCUT2D eigenvalue weighted by Crippen LogP contribution is 2.25. The lowest BCUT2D eigenvalue weighted by atomic mass is 10.1. The average Bonchev–Trinajstić information content (AvgIpc) is 2.31. The third-order valence-electron chi connectivity index (χ3n) is 3.28. The van der Waals surface area contributed by atoms with Crippen LogP contribution in [-0.2, 0) is 0 Å². The number of nitrogen functional groups attached to an aromatic ring is 1. The molecular formula is C14H21N3. The van der Waals surface area contributed by atoms with Gasteiger partial charge in [-0.15, -0.1) is 6.58 Å². The molecule has 0 amide bonds. The van der Waals surface area contributed by atoms with Crippen molar-refractivity contribution < 1.29 is 0 Å². The molecule has 1 heterocycles. The molecule has 1 aliphatic heterocycles. The van der Waals surface area contributed by atoms with E-state index in [0.717, 1.165) is 38.4 Å². The summed E-state index contributed by atoms with van der Waals surface area (Å²) in [5, 5.41) is 0. The summed E-state index contributed by atoms with van der Waals surface area (Å²) in [5.41, 5.74) is 9.36. The molecule has 17 heavy (non-hydrogen) atoms. The number of hydrogen-bond donors (Lipinski definition) is 1. The first-order valence-electron chi connectivity index (χ1n) is 6.15. The summed E-state index contributed by atoms with van der Waals surface area (Å²) in [6.45, 7) is 11.1. The van der Waals surface area contributed by atoms with Crippen molar-refractivity contribution in [2.45, 2.75) is 6.92 Å². The highest BCUT2D eigenvalue weighted by Gasteiger charge is 2.17. The zero-order valence-electron chi connectivity index (χ0n) is 10.5. The van der Waals surface area contributed by atoms with E-state index in [1.807, 2.05) is 12.1 Å². The maximum atomic E-state index is 6.07. The predicted octanol–water partition coefficient (Wildman–Crippen LogP) is 1.89. The fourth-order valence-electron chi connectivity index (χ4n) is 2.32. The number of aryl methyl sites for hydroxylation is 1. The van der Waals surface area contributed by atoms with E-state index < -0.39 is 0 Å². The third-order valence-corrected chi connectivity index (χ3v) is 3.28. The van der Waals surface area contributed by atoms with Gasteiger partial charge in [0.1, 0.15) is 0 Å². The number of rotatable bonds is 3. The Balaban J connectivity index is 2.02. The number of piperazine rings is 1. The Labute approximate surface area is 104 Å². The van der Waals surface area contributed by atoms with Crippen LogP contribution in [0.25, 0.3) is 0 Å². The van der Waals surface area contributed by atoms with Crippen molar-refractivity contribution in [3.8, 4) is 0 Å². The molecule has 1 aromatic carbocycles. The summed E-state index contributed by atoms with van der Waals surface area (Å²) in [4.78, 5) is 4.78. The van der Waals surface area contributed by atoms with Gasteiger partial charge in [0.2, 0.25) is 0 Å². The molecule has 0 aromatic heterocycles. The van der Waals surface area contributed by atoms with E-state index in [1.165, 1.54) is 11.3 Å². The van der Waals surface area contributed by atoms with Crippen LogP contribution in [0.5, 0.6) is 0 Å². The molecule has 0 aliphatic carbocycles. The van der Waals surface area contributed by atoms with Crippen LogP contribution in [0.1, 0.15) is 5.56 Å². The summed E-state index contributed by atoms with van der Waals surface area (Å²) >= 11 is 0. The molecule has 92 valence electrons. The Bertz CT molecular complexity index is 392. The van der Waals surface area contributed by atoms with Crippen LogP contribution in [-0.4, -0.2) is 37.6 Å². The summed E-state index contributed by atoms with van der Waals surface area (Å²) in [6.07, 6.45) is 1.97. The Hall–Kier alpha value is -1.48. The molecular weight excluding hydrogens is 210 g/mol. The zero-order chi connectivity index (χ0) is 12.3. The molecule has 2 rings (SSSR count). The lowest BCUT2D eigenvalue weighted by Gasteiger charge is -2.36. The average molecular weight is 231 g/mol. The molecule has 0 bridgehead atoms.